The van der Waals surface area contributed by atoms with Gasteiger partial charge < -0.3 is 9.84 Å². The first kappa shape index (κ1) is 22.7. The van der Waals surface area contributed by atoms with Crippen LogP contribution in [0.2, 0.25) is 0 Å². The number of esters is 1. The monoisotopic (exact) mass is 288 g/mol. The lowest BCUT2D eigenvalue weighted by Crippen LogP contribution is -1.99. The smallest absolute Gasteiger partial charge is 0.367 e. The summed E-state index contributed by atoms with van der Waals surface area (Å²) in [5.74, 6) is -2.07. The SMILES string of the molecule is C=C(C)C(=O)O.C=C(C)C(=O)OC.C=C(C)C(=O)OO. The number of ether oxygens (including phenoxy) is 1. The van der Waals surface area contributed by atoms with Crippen molar-refractivity contribution in [3.05, 3.63) is 36.5 Å². The number of methoxy groups -OCH3 is 1. The van der Waals surface area contributed by atoms with Crippen molar-refractivity contribution in [2.75, 3.05) is 7.11 Å². The second-order valence-corrected chi connectivity index (χ2v) is 3.52. The van der Waals surface area contributed by atoms with Gasteiger partial charge in [0.15, 0.2) is 0 Å². The van der Waals surface area contributed by atoms with Gasteiger partial charge in [-0.2, -0.15) is 5.26 Å². The molecule has 0 aromatic heterocycles. The molecule has 0 aromatic carbocycles. The zero-order chi connectivity index (χ0) is 16.9. The molecule has 7 nitrogen and oxygen atoms in total. The maximum absolute atomic E-state index is 10.2. The van der Waals surface area contributed by atoms with Crippen molar-refractivity contribution < 1.29 is 34.4 Å². The lowest BCUT2D eigenvalue weighted by Gasteiger charge is -1.91. The molecule has 114 valence electrons. The molecule has 20 heavy (non-hydrogen) atoms. The van der Waals surface area contributed by atoms with Gasteiger partial charge in [0.1, 0.15) is 0 Å². The molecule has 2 N–H and O–H groups in total. The van der Waals surface area contributed by atoms with Gasteiger partial charge in [-0.25, -0.2) is 14.4 Å². The lowest BCUT2D eigenvalue weighted by atomic mass is 10.4. The van der Waals surface area contributed by atoms with Gasteiger partial charge in [0.05, 0.1) is 7.11 Å². The number of carbonyl (C=O) groups is 3. The van der Waals surface area contributed by atoms with Gasteiger partial charge in [-0.15, -0.1) is 0 Å². The molecule has 0 amide bonds. The maximum Gasteiger partial charge on any atom is 0.367 e. The number of carbonyl (C=O) groups excluding carboxylic acids is 2. The van der Waals surface area contributed by atoms with Crippen molar-refractivity contribution in [3.63, 3.8) is 0 Å². The minimum absolute atomic E-state index is 0.176. The maximum atomic E-state index is 10.2. The van der Waals surface area contributed by atoms with Crippen LogP contribution in [-0.4, -0.2) is 35.4 Å². The molecule has 0 atom stereocenters. The molecule has 0 fully saturated rings. The Balaban J connectivity index is -0.000000218. The second-order valence-electron chi connectivity index (χ2n) is 3.52. The van der Waals surface area contributed by atoms with Gasteiger partial charge in [0.2, 0.25) is 0 Å². The van der Waals surface area contributed by atoms with Crippen LogP contribution in [0.1, 0.15) is 20.8 Å². The van der Waals surface area contributed by atoms with Gasteiger partial charge >= 0.3 is 17.9 Å². The van der Waals surface area contributed by atoms with Crippen LogP contribution in [-0.2, 0) is 24.0 Å². The second kappa shape index (κ2) is 13.0. The summed E-state index contributed by atoms with van der Waals surface area (Å²) in [5.41, 5.74) is 0.792. The van der Waals surface area contributed by atoms with Crippen LogP contribution >= 0.6 is 0 Å². The van der Waals surface area contributed by atoms with E-state index in [1.807, 2.05) is 0 Å². The predicted molar refractivity (Wildman–Crippen MR) is 72.8 cm³/mol. The number of rotatable bonds is 3. The highest BCUT2D eigenvalue weighted by atomic mass is 17.1. The molecule has 0 spiro atoms. The van der Waals surface area contributed by atoms with E-state index in [0.29, 0.717) is 5.57 Å². The molecule has 7 heteroatoms. The van der Waals surface area contributed by atoms with E-state index in [2.05, 4.69) is 29.4 Å². The van der Waals surface area contributed by atoms with Crippen LogP contribution in [0.3, 0.4) is 0 Å². The minimum atomic E-state index is -0.935. The zero-order valence-corrected chi connectivity index (χ0v) is 12.1. The molecule has 0 aliphatic rings. The molecule has 0 unspecified atom stereocenters. The summed E-state index contributed by atoms with van der Waals surface area (Å²) in [6, 6.07) is 0. The summed E-state index contributed by atoms with van der Waals surface area (Å²) in [7, 11) is 1.33. The molecule has 0 bridgehead atoms. The van der Waals surface area contributed by atoms with Crippen molar-refractivity contribution in [2.24, 2.45) is 0 Å². The number of hydrogen-bond donors (Lipinski definition) is 2. The van der Waals surface area contributed by atoms with Gasteiger partial charge in [0.25, 0.3) is 0 Å². The molecule has 0 saturated heterocycles. The van der Waals surface area contributed by atoms with Crippen LogP contribution < -0.4 is 0 Å². The van der Waals surface area contributed by atoms with E-state index in [1.165, 1.54) is 21.0 Å². The highest BCUT2D eigenvalue weighted by molar-refractivity contribution is 5.87. The molecule has 0 saturated carbocycles. The molecular formula is C13H20O7. The number of hydrogen-bond acceptors (Lipinski definition) is 6. The third-order valence-electron chi connectivity index (χ3n) is 1.33. The number of carboxylic acid groups (broad SMARTS) is 1. The van der Waals surface area contributed by atoms with Crippen molar-refractivity contribution >= 4 is 17.9 Å². The normalized spacial score (nSPS) is 7.65. The highest BCUT2D eigenvalue weighted by Crippen LogP contribution is 1.87. The van der Waals surface area contributed by atoms with Crippen LogP contribution in [0.4, 0.5) is 0 Å². The van der Waals surface area contributed by atoms with Gasteiger partial charge in [-0.1, -0.05) is 19.7 Å². The summed E-state index contributed by atoms with van der Waals surface area (Å²) in [6.45, 7) is 14.2. The Morgan fingerprint density at radius 1 is 0.850 bits per heavy atom. The molecule has 0 radical (unpaired) electrons. The van der Waals surface area contributed by atoms with Gasteiger partial charge in [-0.3, -0.25) is 4.89 Å². The van der Waals surface area contributed by atoms with E-state index >= 15 is 0 Å². The highest BCUT2D eigenvalue weighted by Gasteiger charge is 1.98. The average molecular weight is 288 g/mol. The van der Waals surface area contributed by atoms with E-state index in [0.717, 1.165) is 0 Å². The predicted octanol–water partition coefficient (Wildman–Crippen LogP) is 1.96. The molecule has 0 aliphatic carbocycles. The summed E-state index contributed by atoms with van der Waals surface area (Å²) in [4.78, 5) is 33.0. The summed E-state index contributed by atoms with van der Waals surface area (Å²) >= 11 is 0. The molecule has 0 rings (SSSR count). The Hall–Kier alpha value is -2.41. The van der Waals surface area contributed by atoms with Crippen molar-refractivity contribution in [1.29, 1.82) is 0 Å². The van der Waals surface area contributed by atoms with Crippen LogP contribution in [0.25, 0.3) is 0 Å². The fourth-order valence-corrected chi connectivity index (χ4v) is 0.252. The van der Waals surface area contributed by atoms with E-state index in [4.69, 9.17) is 10.4 Å². The fraction of sp³-hybridized carbons (Fsp3) is 0.308. The van der Waals surface area contributed by atoms with Crippen molar-refractivity contribution in [3.8, 4) is 0 Å². The largest absolute Gasteiger partial charge is 0.478 e. The summed E-state index contributed by atoms with van der Waals surface area (Å²) < 4.78 is 4.27. The van der Waals surface area contributed by atoms with Gasteiger partial charge in [0, 0.05) is 16.7 Å². The quantitative estimate of drug-likeness (QED) is 0.353. The standard InChI is InChI=1S/C5H8O2.C4H6O3.C4H6O2/c1-4(2)5(6)7-3;1-3(2)4(5)7-6;1-3(2)4(5)6/h1H2,2-3H3;6H,1H2,2H3;1H2,2H3,(H,5,6). The topological polar surface area (TPSA) is 110 Å². The number of carboxylic acids is 1. The first-order valence-corrected chi connectivity index (χ1v) is 5.15. The molecule has 0 aromatic rings. The first-order chi connectivity index (χ1) is 9.00. The van der Waals surface area contributed by atoms with Crippen LogP contribution in [0, 0.1) is 0 Å². The van der Waals surface area contributed by atoms with Crippen LogP contribution in [0.15, 0.2) is 36.5 Å². The number of aliphatic carboxylic acids is 1. The van der Waals surface area contributed by atoms with Crippen molar-refractivity contribution in [1.82, 2.24) is 0 Å². The Morgan fingerprint density at radius 3 is 1.15 bits per heavy atom. The fourth-order valence-electron chi connectivity index (χ4n) is 0.252. The lowest BCUT2D eigenvalue weighted by molar-refractivity contribution is -0.229. The Bertz CT molecular complexity index is 356. The molecule has 0 aliphatic heterocycles. The van der Waals surface area contributed by atoms with E-state index in [-0.39, 0.29) is 17.1 Å². The Kier molecular flexibility index (Phi) is 14.8. The van der Waals surface area contributed by atoms with E-state index in [9.17, 15) is 14.4 Å². The van der Waals surface area contributed by atoms with Crippen LogP contribution in [0.5, 0.6) is 0 Å². The zero-order valence-electron chi connectivity index (χ0n) is 12.1. The van der Waals surface area contributed by atoms with Crippen molar-refractivity contribution in [2.45, 2.75) is 20.8 Å². The van der Waals surface area contributed by atoms with E-state index in [1.54, 1.807) is 6.92 Å². The minimum Gasteiger partial charge on any atom is -0.478 e. The summed E-state index contributed by atoms with van der Waals surface area (Å²) in [5, 5.41) is 15.5. The third-order valence-corrected chi connectivity index (χ3v) is 1.33. The third kappa shape index (κ3) is 18.0. The first-order valence-electron chi connectivity index (χ1n) is 5.15. The molecule has 0 heterocycles. The van der Waals surface area contributed by atoms with Gasteiger partial charge in [-0.05, 0) is 20.8 Å². The Morgan fingerprint density at radius 2 is 1.15 bits per heavy atom. The molecular weight excluding hydrogens is 268 g/mol. The average Bonchev–Trinajstić information content (AvgIpc) is 2.37. The summed E-state index contributed by atoms with van der Waals surface area (Å²) in [6.07, 6.45) is 0. The Labute approximate surface area is 117 Å². The van der Waals surface area contributed by atoms with E-state index < -0.39 is 11.9 Å².